The number of anilines is 1. The minimum atomic E-state index is -0.283. The van der Waals surface area contributed by atoms with Crippen molar-refractivity contribution in [3.63, 3.8) is 0 Å². The molecule has 22 heavy (non-hydrogen) atoms. The average molecular weight is 301 g/mol. The van der Waals surface area contributed by atoms with E-state index in [0.29, 0.717) is 5.75 Å². The highest BCUT2D eigenvalue weighted by Crippen LogP contribution is 2.39. The molecule has 2 nitrogen and oxygen atoms in total. The molecule has 0 heterocycles. The minimum absolute atomic E-state index is 0.280. The smallest absolute Gasteiger partial charge is 0.126 e. The van der Waals surface area contributed by atoms with Crippen molar-refractivity contribution >= 4 is 5.69 Å². The molecular formula is C19H24FNO. The Balaban J connectivity index is 2.57. The van der Waals surface area contributed by atoms with Crippen LogP contribution in [-0.2, 0) is 5.41 Å². The third kappa shape index (κ3) is 2.94. The Morgan fingerprint density at radius 1 is 1.05 bits per heavy atom. The Labute approximate surface area is 132 Å². The van der Waals surface area contributed by atoms with Gasteiger partial charge in [-0.2, -0.15) is 0 Å². The van der Waals surface area contributed by atoms with Gasteiger partial charge in [0.05, 0.1) is 7.11 Å². The number of halogens is 1. The summed E-state index contributed by atoms with van der Waals surface area (Å²) < 4.78 is 18.8. The maximum atomic E-state index is 13.5. The molecule has 0 aliphatic rings. The van der Waals surface area contributed by atoms with Crippen molar-refractivity contribution in [3.05, 3.63) is 58.9 Å². The van der Waals surface area contributed by atoms with E-state index < -0.39 is 0 Å². The molecule has 0 saturated heterocycles. The van der Waals surface area contributed by atoms with E-state index in [1.165, 1.54) is 28.9 Å². The highest BCUT2D eigenvalue weighted by molar-refractivity contribution is 5.57. The maximum absolute atomic E-state index is 13.5. The van der Waals surface area contributed by atoms with E-state index in [0.717, 1.165) is 5.56 Å². The summed E-state index contributed by atoms with van der Waals surface area (Å²) in [7, 11) is 5.66. The predicted molar refractivity (Wildman–Crippen MR) is 90.6 cm³/mol. The van der Waals surface area contributed by atoms with E-state index in [1.807, 2.05) is 20.2 Å². The number of benzene rings is 2. The van der Waals surface area contributed by atoms with Crippen molar-refractivity contribution in [1.82, 2.24) is 0 Å². The van der Waals surface area contributed by atoms with Crippen LogP contribution in [0.25, 0.3) is 0 Å². The summed E-state index contributed by atoms with van der Waals surface area (Å²) in [5.41, 5.74) is 4.29. The lowest BCUT2D eigenvalue weighted by Gasteiger charge is -2.29. The molecule has 3 heteroatoms. The summed E-state index contributed by atoms with van der Waals surface area (Å²) >= 11 is 0. The largest absolute Gasteiger partial charge is 0.496 e. The van der Waals surface area contributed by atoms with Crippen LogP contribution >= 0.6 is 0 Å². The molecule has 0 saturated carbocycles. The Hall–Kier alpha value is -2.03. The molecule has 0 aromatic heterocycles. The molecular weight excluding hydrogens is 277 g/mol. The van der Waals surface area contributed by atoms with Gasteiger partial charge in [0.15, 0.2) is 0 Å². The maximum Gasteiger partial charge on any atom is 0.126 e. The molecule has 0 aliphatic heterocycles. The molecule has 0 fully saturated rings. The number of ether oxygens (including phenoxy) is 1. The second kappa shape index (κ2) is 5.99. The van der Waals surface area contributed by atoms with Gasteiger partial charge < -0.3 is 9.64 Å². The zero-order valence-corrected chi connectivity index (χ0v) is 14.2. The van der Waals surface area contributed by atoms with Crippen LogP contribution in [0.1, 0.15) is 30.5 Å². The van der Waals surface area contributed by atoms with Crippen molar-refractivity contribution < 1.29 is 9.13 Å². The molecule has 0 radical (unpaired) electrons. The first kappa shape index (κ1) is 16.3. The summed E-state index contributed by atoms with van der Waals surface area (Å²) in [4.78, 5) is 2.11. The van der Waals surface area contributed by atoms with Gasteiger partial charge >= 0.3 is 0 Å². The van der Waals surface area contributed by atoms with Crippen LogP contribution in [0.2, 0.25) is 0 Å². The van der Waals surface area contributed by atoms with Gasteiger partial charge in [0.25, 0.3) is 0 Å². The Kier molecular flexibility index (Phi) is 4.45. The fourth-order valence-electron chi connectivity index (χ4n) is 2.82. The predicted octanol–water partition coefficient (Wildman–Crippen LogP) is 4.53. The van der Waals surface area contributed by atoms with Crippen molar-refractivity contribution in [1.29, 1.82) is 0 Å². The van der Waals surface area contributed by atoms with Gasteiger partial charge in [0.2, 0.25) is 0 Å². The first-order valence-electron chi connectivity index (χ1n) is 7.40. The van der Waals surface area contributed by atoms with Crippen molar-refractivity contribution in [2.75, 3.05) is 26.1 Å². The van der Waals surface area contributed by atoms with Gasteiger partial charge in [0, 0.05) is 36.8 Å². The normalized spacial score (nSPS) is 11.4. The summed E-state index contributed by atoms with van der Waals surface area (Å²) in [6, 6.07) is 11.2. The molecule has 0 spiro atoms. The Morgan fingerprint density at radius 2 is 1.73 bits per heavy atom. The van der Waals surface area contributed by atoms with Gasteiger partial charge in [-0.25, -0.2) is 4.39 Å². The van der Waals surface area contributed by atoms with Crippen molar-refractivity contribution in [3.8, 4) is 5.75 Å². The highest BCUT2D eigenvalue weighted by atomic mass is 19.1. The number of aryl methyl sites for hydroxylation is 1. The second-order valence-corrected chi connectivity index (χ2v) is 6.37. The molecule has 118 valence electrons. The molecule has 0 bridgehead atoms. The zero-order valence-electron chi connectivity index (χ0n) is 14.2. The fraction of sp³-hybridized carbons (Fsp3) is 0.368. The molecule has 0 atom stereocenters. The quantitative estimate of drug-likeness (QED) is 0.822. The number of rotatable bonds is 4. The first-order chi connectivity index (χ1) is 10.3. The van der Waals surface area contributed by atoms with E-state index in [1.54, 1.807) is 7.11 Å². The third-order valence-corrected chi connectivity index (χ3v) is 4.25. The summed E-state index contributed by atoms with van der Waals surface area (Å²) in [5, 5.41) is 0. The van der Waals surface area contributed by atoms with Crippen LogP contribution in [0.5, 0.6) is 5.75 Å². The second-order valence-electron chi connectivity index (χ2n) is 6.37. The van der Waals surface area contributed by atoms with Gasteiger partial charge in [-0.05, 0) is 30.2 Å². The molecule has 0 unspecified atom stereocenters. The van der Waals surface area contributed by atoms with Crippen molar-refractivity contribution in [2.45, 2.75) is 26.2 Å². The number of nitrogens with zero attached hydrogens (tertiary/aromatic N) is 1. The fourth-order valence-corrected chi connectivity index (χ4v) is 2.82. The zero-order chi connectivity index (χ0) is 16.5. The van der Waals surface area contributed by atoms with E-state index >= 15 is 0 Å². The molecule has 2 aromatic carbocycles. The number of hydrogen-bond acceptors (Lipinski definition) is 2. The lowest BCUT2D eigenvalue weighted by molar-refractivity contribution is 0.397. The number of hydrogen-bond donors (Lipinski definition) is 0. The highest BCUT2D eigenvalue weighted by Gasteiger charge is 2.27. The van der Waals surface area contributed by atoms with E-state index in [4.69, 9.17) is 4.74 Å². The molecule has 0 N–H and O–H groups in total. The van der Waals surface area contributed by atoms with Crippen LogP contribution in [-0.4, -0.2) is 21.2 Å². The lowest BCUT2D eigenvalue weighted by Crippen LogP contribution is -2.21. The molecule has 2 aromatic rings. The summed E-state index contributed by atoms with van der Waals surface area (Å²) in [6.07, 6.45) is 0. The molecule has 2 rings (SSSR count). The summed E-state index contributed by atoms with van der Waals surface area (Å²) in [5.74, 6) is 0.297. The van der Waals surface area contributed by atoms with Crippen LogP contribution in [0, 0.1) is 12.7 Å². The van der Waals surface area contributed by atoms with Crippen LogP contribution in [0.15, 0.2) is 36.4 Å². The topological polar surface area (TPSA) is 12.5 Å². The molecule has 0 amide bonds. The standard InChI is InChI=1S/C19H24FNO/c1-13-7-8-14(11-17(13)21(4)5)19(2,3)16-10-9-15(20)12-18(16)22-6/h7-12H,1-6H3. The average Bonchev–Trinajstić information content (AvgIpc) is 2.46. The van der Waals surface area contributed by atoms with Gasteiger partial charge in [0.1, 0.15) is 11.6 Å². The monoisotopic (exact) mass is 301 g/mol. The first-order valence-corrected chi connectivity index (χ1v) is 7.40. The van der Waals surface area contributed by atoms with Gasteiger partial charge in [-0.1, -0.05) is 32.0 Å². The third-order valence-electron chi connectivity index (χ3n) is 4.25. The van der Waals surface area contributed by atoms with Gasteiger partial charge in [-0.15, -0.1) is 0 Å². The van der Waals surface area contributed by atoms with E-state index in [9.17, 15) is 4.39 Å². The number of methoxy groups -OCH3 is 1. The van der Waals surface area contributed by atoms with E-state index in [2.05, 4.69) is 43.9 Å². The van der Waals surface area contributed by atoms with Crippen LogP contribution in [0.4, 0.5) is 10.1 Å². The van der Waals surface area contributed by atoms with Crippen LogP contribution in [0.3, 0.4) is 0 Å². The lowest BCUT2D eigenvalue weighted by atomic mass is 9.77. The van der Waals surface area contributed by atoms with Crippen molar-refractivity contribution in [2.24, 2.45) is 0 Å². The Morgan fingerprint density at radius 3 is 2.32 bits per heavy atom. The Bertz CT molecular complexity index is 677. The van der Waals surface area contributed by atoms with Gasteiger partial charge in [-0.3, -0.25) is 0 Å². The minimum Gasteiger partial charge on any atom is -0.496 e. The van der Waals surface area contributed by atoms with E-state index in [-0.39, 0.29) is 11.2 Å². The van der Waals surface area contributed by atoms with Crippen LogP contribution < -0.4 is 9.64 Å². The molecule has 0 aliphatic carbocycles. The SMILES string of the molecule is COc1cc(F)ccc1C(C)(C)c1ccc(C)c(N(C)C)c1. The summed E-state index contributed by atoms with van der Waals surface area (Å²) in [6.45, 7) is 6.37.